The first-order chi connectivity index (χ1) is 25.8. The van der Waals surface area contributed by atoms with Gasteiger partial charge >= 0.3 is 0 Å². The lowest BCUT2D eigenvalue weighted by molar-refractivity contribution is 1.11. The van der Waals surface area contributed by atoms with E-state index < -0.39 is 0 Å². The Balaban J connectivity index is 0.960. The van der Waals surface area contributed by atoms with Crippen molar-refractivity contribution in [2.45, 2.75) is 0 Å². The quantitative estimate of drug-likeness (QED) is 0.159. The third-order valence-corrected chi connectivity index (χ3v) is 9.84. The molecule has 0 aliphatic carbocycles. The summed E-state index contributed by atoms with van der Waals surface area (Å²) in [5.41, 5.74) is 8.93. The lowest BCUT2D eigenvalue weighted by atomic mass is 9.95. The van der Waals surface area contributed by atoms with Gasteiger partial charge in [0.1, 0.15) is 11.6 Å². The molecule has 0 saturated carbocycles. The summed E-state index contributed by atoms with van der Waals surface area (Å²) in [7, 11) is 0. The SMILES string of the molecule is C(=C\c1ccc(N(c2ccccn2)c2ccccn2)cn1)/c1ccc2cc(-c3cc4ccc5cccc6c5c4c(c3)n6-c3ccccc3)ccc2c1. The highest BCUT2D eigenvalue weighted by molar-refractivity contribution is 6.25. The first kappa shape index (κ1) is 29.8. The highest BCUT2D eigenvalue weighted by atomic mass is 15.2. The fraction of sp³-hybridized carbons (Fsp3) is 0. The molecule has 5 nitrogen and oxygen atoms in total. The van der Waals surface area contributed by atoms with Crippen LogP contribution in [0.1, 0.15) is 11.3 Å². The Morgan fingerprint density at radius 1 is 0.462 bits per heavy atom. The summed E-state index contributed by atoms with van der Waals surface area (Å²) in [6.07, 6.45) is 9.61. The van der Waals surface area contributed by atoms with Crippen LogP contribution in [0, 0.1) is 0 Å². The van der Waals surface area contributed by atoms with Gasteiger partial charge in [-0.15, -0.1) is 0 Å². The van der Waals surface area contributed by atoms with Crippen LogP contribution < -0.4 is 4.90 Å². The van der Waals surface area contributed by atoms with Crippen molar-refractivity contribution in [3.63, 3.8) is 0 Å². The number of fused-ring (bicyclic) bond motifs is 1. The molecule has 5 heteroatoms. The number of pyridine rings is 3. The van der Waals surface area contributed by atoms with Crippen molar-refractivity contribution in [3.05, 3.63) is 188 Å². The molecule has 0 bridgehead atoms. The van der Waals surface area contributed by atoms with E-state index >= 15 is 0 Å². The molecule has 0 atom stereocenters. The molecule has 0 spiro atoms. The molecule has 6 aromatic carbocycles. The van der Waals surface area contributed by atoms with Crippen LogP contribution in [0.5, 0.6) is 0 Å². The number of nitrogens with zero attached hydrogens (tertiary/aromatic N) is 5. The minimum atomic E-state index is 0.784. The Labute approximate surface area is 300 Å². The monoisotopic (exact) mass is 665 g/mol. The van der Waals surface area contributed by atoms with Crippen LogP contribution in [-0.2, 0) is 0 Å². The fourth-order valence-electron chi connectivity index (χ4n) is 7.43. The number of benzene rings is 6. The second-order valence-corrected chi connectivity index (χ2v) is 13.0. The summed E-state index contributed by atoms with van der Waals surface area (Å²) in [4.78, 5) is 15.9. The average Bonchev–Trinajstić information content (AvgIpc) is 3.56. The Kier molecular flexibility index (Phi) is 7.07. The van der Waals surface area contributed by atoms with Gasteiger partial charge in [-0.05, 0) is 123 Å². The normalized spacial score (nSPS) is 11.8. The summed E-state index contributed by atoms with van der Waals surface area (Å²) in [6.45, 7) is 0. The molecule has 0 fully saturated rings. The number of hydrogen-bond acceptors (Lipinski definition) is 4. The van der Waals surface area contributed by atoms with Crippen LogP contribution in [0.3, 0.4) is 0 Å². The van der Waals surface area contributed by atoms with Gasteiger partial charge < -0.3 is 4.57 Å². The van der Waals surface area contributed by atoms with E-state index in [1.807, 2.05) is 53.6 Å². The molecule has 0 unspecified atom stereocenters. The van der Waals surface area contributed by atoms with Crippen molar-refractivity contribution in [3.8, 4) is 16.8 Å². The van der Waals surface area contributed by atoms with Crippen LogP contribution in [0.2, 0.25) is 0 Å². The topological polar surface area (TPSA) is 46.8 Å². The second kappa shape index (κ2) is 12.3. The Bertz CT molecular complexity index is 2840. The minimum absolute atomic E-state index is 0.784. The molecule has 0 saturated heterocycles. The smallest absolute Gasteiger partial charge is 0.138 e. The number of para-hydroxylation sites is 1. The van der Waals surface area contributed by atoms with E-state index in [1.165, 1.54) is 60.2 Å². The van der Waals surface area contributed by atoms with Crippen molar-refractivity contribution in [1.29, 1.82) is 0 Å². The van der Waals surface area contributed by atoms with E-state index in [4.69, 9.17) is 4.98 Å². The van der Waals surface area contributed by atoms with Crippen molar-refractivity contribution >= 4 is 72.8 Å². The van der Waals surface area contributed by atoms with Gasteiger partial charge in [-0.1, -0.05) is 84.9 Å². The highest BCUT2D eigenvalue weighted by Crippen LogP contribution is 2.41. The van der Waals surface area contributed by atoms with Gasteiger partial charge in [0, 0.05) is 28.9 Å². The summed E-state index contributed by atoms with van der Waals surface area (Å²) in [6, 6.07) is 55.7. The average molecular weight is 666 g/mol. The van der Waals surface area contributed by atoms with Crippen molar-refractivity contribution in [1.82, 2.24) is 19.5 Å². The molecule has 10 rings (SSSR count). The van der Waals surface area contributed by atoms with Gasteiger partial charge in [-0.2, -0.15) is 0 Å². The summed E-state index contributed by atoms with van der Waals surface area (Å²) in [5.74, 6) is 1.57. The highest BCUT2D eigenvalue weighted by Gasteiger charge is 2.18. The zero-order chi connectivity index (χ0) is 34.4. The van der Waals surface area contributed by atoms with Crippen LogP contribution in [0.25, 0.3) is 72.3 Å². The predicted octanol–water partition coefficient (Wildman–Crippen LogP) is 12.0. The van der Waals surface area contributed by atoms with Gasteiger partial charge in [0.15, 0.2) is 0 Å². The Morgan fingerprint density at radius 2 is 1.17 bits per heavy atom. The molecule has 52 heavy (non-hydrogen) atoms. The molecule has 0 N–H and O–H groups in total. The minimum Gasteiger partial charge on any atom is -0.309 e. The molecule has 0 aliphatic rings. The fourth-order valence-corrected chi connectivity index (χ4v) is 7.43. The van der Waals surface area contributed by atoms with Crippen molar-refractivity contribution < 1.29 is 0 Å². The van der Waals surface area contributed by atoms with Gasteiger partial charge in [0.05, 0.1) is 28.6 Å². The van der Waals surface area contributed by atoms with Gasteiger partial charge in [-0.25, -0.2) is 9.97 Å². The number of aromatic nitrogens is 4. The summed E-state index contributed by atoms with van der Waals surface area (Å²) in [5, 5.41) is 7.58. The maximum absolute atomic E-state index is 4.76. The van der Waals surface area contributed by atoms with Crippen LogP contribution in [-0.4, -0.2) is 19.5 Å². The number of rotatable bonds is 7. The largest absolute Gasteiger partial charge is 0.309 e. The Hall–Kier alpha value is -7.11. The lowest BCUT2D eigenvalue weighted by Crippen LogP contribution is -2.12. The summed E-state index contributed by atoms with van der Waals surface area (Å²) < 4.78 is 2.41. The van der Waals surface area contributed by atoms with Gasteiger partial charge in [-0.3, -0.25) is 9.88 Å². The van der Waals surface area contributed by atoms with E-state index in [9.17, 15) is 0 Å². The maximum atomic E-state index is 4.76. The third-order valence-electron chi connectivity index (χ3n) is 9.84. The van der Waals surface area contributed by atoms with Gasteiger partial charge in [0.25, 0.3) is 0 Å². The zero-order valence-corrected chi connectivity index (χ0v) is 28.1. The van der Waals surface area contributed by atoms with Crippen LogP contribution in [0.4, 0.5) is 17.3 Å². The molecule has 0 amide bonds. The number of anilines is 3. The van der Waals surface area contributed by atoms with E-state index in [0.717, 1.165) is 28.6 Å². The molecule has 4 aromatic heterocycles. The number of hydrogen-bond donors (Lipinski definition) is 0. The first-order valence-electron chi connectivity index (χ1n) is 17.4. The standard InChI is InChI=1S/C47H31N5/c1-2-10-40(11-3-1)51-42-12-8-9-33-18-21-37-29-38(30-43(51)47(37)46(33)42)36-20-19-34-27-32(15-17-35(34)28-36)16-22-39-23-24-41(31-50-39)52(44-13-4-6-25-48-44)45-14-5-7-26-49-45/h1-31H/b22-16+. The molecule has 0 aliphatic heterocycles. The van der Waals surface area contributed by atoms with Crippen LogP contribution in [0.15, 0.2) is 176 Å². The molecule has 0 radical (unpaired) electrons. The van der Waals surface area contributed by atoms with E-state index in [-0.39, 0.29) is 0 Å². The first-order valence-corrected chi connectivity index (χ1v) is 17.4. The van der Waals surface area contributed by atoms with Crippen molar-refractivity contribution in [2.24, 2.45) is 0 Å². The second-order valence-electron chi connectivity index (χ2n) is 13.0. The summed E-state index contributed by atoms with van der Waals surface area (Å²) >= 11 is 0. The lowest BCUT2D eigenvalue weighted by Gasteiger charge is -2.22. The van der Waals surface area contributed by atoms with E-state index in [1.54, 1.807) is 12.4 Å². The molecule has 244 valence electrons. The molecular formula is C47H31N5. The predicted molar refractivity (Wildman–Crippen MR) is 216 cm³/mol. The molecule has 10 aromatic rings. The molecule has 4 heterocycles. The zero-order valence-electron chi connectivity index (χ0n) is 28.1. The van der Waals surface area contributed by atoms with Crippen LogP contribution >= 0.6 is 0 Å². The van der Waals surface area contributed by atoms with Gasteiger partial charge in [0.2, 0.25) is 0 Å². The van der Waals surface area contributed by atoms with Crippen molar-refractivity contribution in [2.75, 3.05) is 4.90 Å². The van der Waals surface area contributed by atoms with E-state index in [2.05, 4.69) is 142 Å². The maximum Gasteiger partial charge on any atom is 0.138 e. The third kappa shape index (κ3) is 5.15. The Morgan fingerprint density at radius 3 is 1.94 bits per heavy atom. The van der Waals surface area contributed by atoms with E-state index in [0.29, 0.717) is 0 Å². The molecular weight excluding hydrogens is 635 g/mol.